The number of pyridine rings is 1. The van der Waals surface area contributed by atoms with Gasteiger partial charge in [0, 0.05) is 11.0 Å². The van der Waals surface area contributed by atoms with Gasteiger partial charge < -0.3 is 5.11 Å². The van der Waals surface area contributed by atoms with Gasteiger partial charge in [0.15, 0.2) is 0 Å². The molecular weight excluding hydrogens is 266 g/mol. The van der Waals surface area contributed by atoms with E-state index in [0.29, 0.717) is 5.03 Å². The van der Waals surface area contributed by atoms with Crippen molar-refractivity contribution in [2.75, 3.05) is 0 Å². The second-order valence-electron chi connectivity index (χ2n) is 3.51. The molecule has 0 radical (unpaired) electrons. The van der Waals surface area contributed by atoms with Crippen molar-refractivity contribution in [1.29, 1.82) is 5.26 Å². The lowest BCUT2D eigenvalue weighted by molar-refractivity contribution is -0.385. The Hall–Kier alpha value is -2.59. The highest BCUT2D eigenvalue weighted by Crippen LogP contribution is 2.30. The lowest BCUT2D eigenvalue weighted by atomic mass is 10.3. The largest absolute Gasteiger partial charge is 0.508 e. The monoisotopic (exact) mass is 273 g/mol. The van der Waals surface area contributed by atoms with E-state index < -0.39 is 4.92 Å². The van der Waals surface area contributed by atoms with Crippen molar-refractivity contribution in [2.24, 2.45) is 0 Å². The molecule has 1 heterocycles. The minimum absolute atomic E-state index is 0.140. The molecule has 0 aliphatic carbocycles. The predicted octanol–water partition coefficient (Wildman–Crippen LogP) is 2.72. The Morgan fingerprint density at radius 1 is 1.37 bits per heavy atom. The van der Waals surface area contributed by atoms with Crippen molar-refractivity contribution in [3.8, 4) is 11.8 Å². The first-order chi connectivity index (χ1) is 9.10. The zero-order valence-electron chi connectivity index (χ0n) is 9.48. The number of aromatic hydroxyl groups is 1. The number of hydrogen-bond acceptors (Lipinski definition) is 6. The molecule has 0 atom stereocenters. The molecule has 0 spiro atoms. The van der Waals surface area contributed by atoms with Gasteiger partial charge in [-0.15, -0.1) is 0 Å². The molecule has 1 aromatic carbocycles. The number of nitrogens with zero attached hydrogens (tertiary/aromatic N) is 3. The van der Waals surface area contributed by atoms with E-state index in [9.17, 15) is 10.1 Å². The standard InChI is InChI=1S/C12H7N3O3S/c13-6-8-5-9(15(17)18)7-14-12(8)19-11-3-1-10(16)2-4-11/h1-5,7,16H. The first-order valence-corrected chi connectivity index (χ1v) is 5.93. The van der Waals surface area contributed by atoms with Gasteiger partial charge in [-0.1, -0.05) is 11.8 Å². The van der Waals surface area contributed by atoms with E-state index in [1.54, 1.807) is 12.1 Å². The van der Waals surface area contributed by atoms with Crippen LogP contribution in [0.4, 0.5) is 5.69 Å². The number of phenols is 1. The summed E-state index contributed by atoms with van der Waals surface area (Å²) in [7, 11) is 0. The molecule has 6 nitrogen and oxygen atoms in total. The van der Waals surface area contributed by atoms with Crippen molar-refractivity contribution in [1.82, 2.24) is 4.98 Å². The van der Waals surface area contributed by atoms with Crippen LogP contribution in [0.2, 0.25) is 0 Å². The van der Waals surface area contributed by atoms with Gasteiger partial charge in [0.1, 0.15) is 23.0 Å². The zero-order valence-corrected chi connectivity index (χ0v) is 10.3. The first kappa shape index (κ1) is 12.9. The molecule has 0 saturated heterocycles. The van der Waals surface area contributed by atoms with Gasteiger partial charge >= 0.3 is 0 Å². The molecule has 1 aromatic heterocycles. The fraction of sp³-hybridized carbons (Fsp3) is 0. The summed E-state index contributed by atoms with van der Waals surface area (Å²) in [5.41, 5.74) is -0.0705. The normalized spacial score (nSPS) is 9.84. The Balaban J connectivity index is 2.33. The summed E-state index contributed by atoms with van der Waals surface area (Å²) in [6.07, 6.45) is 1.11. The maximum Gasteiger partial charge on any atom is 0.288 e. The lowest BCUT2D eigenvalue weighted by Gasteiger charge is -2.02. The summed E-state index contributed by atoms with van der Waals surface area (Å²) in [6, 6.07) is 9.44. The van der Waals surface area contributed by atoms with Crippen LogP contribution in [0.3, 0.4) is 0 Å². The van der Waals surface area contributed by atoms with Crippen LogP contribution in [0.25, 0.3) is 0 Å². The number of benzene rings is 1. The lowest BCUT2D eigenvalue weighted by Crippen LogP contribution is -1.93. The van der Waals surface area contributed by atoms with E-state index in [1.807, 2.05) is 6.07 Å². The Labute approximate surface area is 112 Å². The molecule has 19 heavy (non-hydrogen) atoms. The summed E-state index contributed by atoms with van der Waals surface area (Å²) >= 11 is 1.20. The van der Waals surface area contributed by atoms with Gasteiger partial charge in [0.2, 0.25) is 0 Å². The maximum absolute atomic E-state index is 10.6. The number of rotatable bonds is 3. The average Bonchev–Trinajstić information content (AvgIpc) is 2.41. The SMILES string of the molecule is N#Cc1cc([N+](=O)[O-])cnc1Sc1ccc(O)cc1. The summed E-state index contributed by atoms with van der Waals surface area (Å²) in [5, 5.41) is 29.1. The van der Waals surface area contributed by atoms with E-state index in [-0.39, 0.29) is 17.0 Å². The molecule has 0 fully saturated rings. The summed E-state index contributed by atoms with van der Waals surface area (Å²) in [5.74, 6) is 0.140. The number of phenolic OH excluding ortho intramolecular Hbond substituents is 1. The van der Waals surface area contributed by atoms with Gasteiger partial charge in [-0.3, -0.25) is 10.1 Å². The molecule has 0 amide bonds. The summed E-state index contributed by atoms with van der Waals surface area (Å²) < 4.78 is 0. The van der Waals surface area contributed by atoms with Gasteiger partial charge in [-0.2, -0.15) is 5.26 Å². The van der Waals surface area contributed by atoms with Crippen LogP contribution in [0.5, 0.6) is 5.75 Å². The topological polar surface area (TPSA) is 100 Å². The molecule has 0 aliphatic heterocycles. The van der Waals surface area contributed by atoms with Gasteiger partial charge in [-0.05, 0) is 24.3 Å². The Morgan fingerprint density at radius 3 is 2.63 bits per heavy atom. The average molecular weight is 273 g/mol. The summed E-state index contributed by atoms with van der Waals surface area (Å²) in [6.45, 7) is 0. The highest BCUT2D eigenvalue weighted by molar-refractivity contribution is 7.99. The van der Waals surface area contributed by atoms with Crippen LogP contribution < -0.4 is 0 Å². The molecule has 1 N–H and O–H groups in total. The minimum atomic E-state index is -0.594. The van der Waals surface area contributed by atoms with Crippen molar-refractivity contribution >= 4 is 17.4 Å². The van der Waals surface area contributed by atoms with Crippen LogP contribution in [0, 0.1) is 21.4 Å². The van der Waals surface area contributed by atoms with Crippen LogP contribution >= 0.6 is 11.8 Å². The predicted molar refractivity (Wildman–Crippen MR) is 67.8 cm³/mol. The second kappa shape index (κ2) is 5.37. The van der Waals surface area contributed by atoms with Crippen LogP contribution in [0.1, 0.15) is 5.56 Å². The fourth-order valence-corrected chi connectivity index (χ4v) is 2.14. The highest BCUT2D eigenvalue weighted by Gasteiger charge is 2.13. The number of aromatic nitrogens is 1. The summed E-state index contributed by atoms with van der Waals surface area (Å²) in [4.78, 5) is 14.7. The molecule has 7 heteroatoms. The first-order valence-electron chi connectivity index (χ1n) is 5.11. The van der Waals surface area contributed by atoms with Crippen molar-refractivity contribution in [3.63, 3.8) is 0 Å². The van der Waals surface area contributed by atoms with Crippen LogP contribution in [-0.2, 0) is 0 Å². The third-order valence-corrected chi connectivity index (χ3v) is 3.25. The molecule has 94 valence electrons. The highest BCUT2D eigenvalue weighted by atomic mass is 32.2. The van der Waals surface area contributed by atoms with Gasteiger partial charge in [0.25, 0.3) is 5.69 Å². The third-order valence-electron chi connectivity index (χ3n) is 2.22. The smallest absolute Gasteiger partial charge is 0.288 e. The van der Waals surface area contributed by atoms with Crippen LogP contribution in [-0.4, -0.2) is 15.0 Å². The molecule has 2 aromatic rings. The molecule has 0 unspecified atom stereocenters. The van der Waals surface area contributed by atoms with Crippen molar-refractivity contribution in [2.45, 2.75) is 9.92 Å². The quantitative estimate of drug-likeness (QED) is 0.681. The number of hydrogen-bond donors (Lipinski definition) is 1. The van der Waals surface area contributed by atoms with E-state index >= 15 is 0 Å². The van der Waals surface area contributed by atoms with E-state index in [1.165, 1.54) is 30.0 Å². The fourth-order valence-electron chi connectivity index (χ4n) is 1.33. The third kappa shape index (κ3) is 3.00. The number of nitro groups is 1. The zero-order chi connectivity index (χ0) is 13.8. The van der Waals surface area contributed by atoms with Crippen LogP contribution in [0.15, 0.2) is 46.5 Å². The van der Waals surface area contributed by atoms with E-state index in [2.05, 4.69) is 4.98 Å². The van der Waals surface area contributed by atoms with Crippen molar-refractivity contribution in [3.05, 3.63) is 52.2 Å². The minimum Gasteiger partial charge on any atom is -0.508 e. The Kier molecular flexibility index (Phi) is 3.63. The second-order valence-corrected chi connectivity index (χ2v) is 4.57. The van der Waals surface area contributed by atoms with Crippen molar-refractivity contribution < 1.29 is 10.0 Å². The molecule has 0 aliphatic rings. The Morgan fingerprint density at radius 2 is 2.05 bits per heavy atom. The molecule has 0 saturated carbocycles. The van der Waals surface area contributed by atoms with E-state index in [4.69, 9.17) is 10.4 Å². The van der Waals surface area contributed by atoms with E-state index in [0.717, 1.165) is 11.1 Å². The maximum atomic E-state index is 10.6. The van der Waals surface area contributed by atoms with Gasteiger partial charge in [-0.25, -0.2) is 4.98 Å². The van der Waals surface area contributed by atoms with Gasteiger partial charge in [0.05, 0.1) is 10.5 Å². The molecular formula is C12H7N3O3S. The number of nitriles is 1. The molecule has 0 bridgehead atoms. The molecule has 2 rings (SSSR count). The Bertz CT molecular complexity index is 665.